The van der Waals surface area contributed by atoms with Crippen LogP contribution in [0.25, 0.3) is 0 Å². The SMILES string of the molecule is Cc1cccc(NC(=O)c2cccnc2Oc2ccccc2)c1. The fourth-order valence-electron chi connectivity index (χ4n) is 2.17. The van der Waals surface area contributed by atoms with Gasteiger partial charge in [-0.15, -0.1) is 0 Å². The molecule has 0 spiro atoms. The minimum atomic E-state index is -0.255. The van der Waals surface area contributed by atoms with E-state index < -0.39 is 0 Å². The van der Waals surface area contributed by atoms with Gasteiger partial charge in [-0.1, -0.05) is 30.3 Å². The number of hydrogen-bond acceptors (Lipinski definition) is 3. The molecule has 0 fully saturated rings. The number of amides is 1. The highest BCUT2D eigenvalue weighted by atomic mass is 16.5. The normalized spacial score (nSPS) is 10.1. The third-order valence-corrected chi connectivity index (χ3v) is 3.25. The minimum Gasteiger partial charge on any atom is -0.438 e. The van der Waals surface area contributed by atoms with Crippen LogP contribution in [0.5, 0.6) is 11.6 Å². The molecule has 2 aromatic carbocycles. The zero-order chi connectivity index (χ0) is 16.1. The van der Waals surface area contributed by atoms with E-state index in [9.17, 15) is 4.79 Å². The molecule has 1 aromatic heterocycles. The zero-order valence-corrected chi connectivity index (χ0v) is 12.7. The van der Waals surface area contributed by atoms with Gasteiger partial charge in [-0.2, -0.15) is 0 Å². The average molecular weight is 304 g/mol. The number of rotatable bonds is 4. The van der Waals surface area contributed by atoms with E-state index in [4.69, 9.17) is 4.74 Å². The van der Waals surface area contributed by atoms with Crippen LogP contribution >= 0.6 is 0 Å². The second-order valence-corrected chi connectivity index (χ2v) is 5.09. The predicted octanol–water partition coefficient (Wildman–Crippen LogP) is 4.43. The Labute approximate surface area is 134 Å². The summed E-state index contributed by atoms with van der Waals surface area (Å²) in [6.45, 7) is 1.98. The largest absolute Gasteiger partial charge is 0.438 e. The molecule has 0 radical (unpaired) electrons. The first kappa shape index (κ1) is 14.8. The lowest BCUT2D eigenvalue weighted by Gasteiger charge is -2.10. The van der Waals surface area contributed by atoms with Gasteiger partial charge in [0.15, 0.2) is 0 Å². The lowest BCUT2D eigenvalue weighted by atomic mass is 10.2. The van der Waals surface area contributed by atoms with Crippen molar-refractivity contribution in [1.29, 1.82) is 0 Å². The molecular formula is C19H16N2O2. The van der Waals surface area contributed by atoms with E-state index in [2.05, 4.69) is 10.3 Å². The molecule has 0 atom stereocenters. The summed E-state index contributed by atoms with van der Waals surface area (Å²) in [5, 5.41) is 2.87. The van der Waals surface area contributed by atoms with Crippen LogP contribution in [0.2, 0.25) is 0 Å². The number of para-hydroxylation sites is 1. The van der Waals surface area contributed by atoms with E-state index in [-0.39, 0.29) is 11.8 Å². The molecule has 4 heteroatoms. The van der Waals surface area contributed by atoms with E-state index in [1.54, 1.807) is 18.3 Å². The summed E-state index contributed by atoms with van der Waals surface area (Å²) in [6.07, 6.45) is 1.60. The average Bonchev–Trinajstić information content (AvgIpc) is 2.56. The smallest absolute Gasteiger partial charge is 0.261 e. The number of hydrogen-bond donors (Lipinski definition) is 1. The molecule has 0 aliphatic heterocycles. The first-order chi connectivity index (χ1) is 11.2. The topological polar surface area (TPSA) is 51.2 Å². The summed E-state index contributed by atoms with van der Waals surface area (Å²) >= 11 is 0. The van der Waals surface area contributed by atoms with Gasteiger partial charge in [0.1, 0.15) is 11.3 Å². The monoisotopic (exact) mass is 304 g/mol. The third kappa shape index (κ3) is 3.74. The van der Waals surface area contributed by atoms with E-state index in [0.29, 0.717) is 11.3 Å². The maximum absolute atomic E-state index is 12.5. The maximum Gasteiger partial charge on any atom is 0.261 e. The molecular weight excluding hydrogens is 288 g/mol. The summed E-state index contributed by atoms with van der Waals surface area (Å²) in [5.74, 6) is 0.661. The van der Waals surface area contributed by atoms with Gasteiger partial charge in [-0.25, -0.2) is 4.98 Å². The molecule has 3 rings (SSSR count). The molecule has 0 aliphatic carbocycles. The van der Waals surface area contributed by atoms with Crippen LogP contribution in [-0.4, -0.2) is 10.9 Å². The van der Waals surface area contributed by atoms with Crippen LogP contribution in [-0.2, 0) is 0 Å². The van der Waals surface area contributed by atoms with E-state index >= 15 is 0 Å². The number of anilines is 1. The van der Waals surface area contributed by atoms with Gasteiger partial charge in [0.25, 0.3) is 5.91 Å². The molecule has 0 unspecified atom stereocenters. The second-order valence-electron chi connectivity index (χ2n) is 5.09. The Morgan fingerprint density at radius 2 is 1.83 bits per heavy atom. The molecule has 0 saturated carbocycles. The van der Waals surface area contributed by atoms with Crippen LogP contribution in [0, 0.1) is 6.92 Å². The molecule has 1 heterocycles. The Bertz CT molecular complexity index is 816. The molecule has 4 nitrogen and oxygen atoms in total. The van der Waals surface area contributed by atoms with Crippen LogP contribution in [0.4, 0.5) is 5.69 Å². The predicted molar refractivity (Wildman–Crippen MR) is 89.9 cm³/mol. The highest BCUT2D eigenvalue weighted by Crippen LogP contribution is 2.23. The van der Waals surface area contributed by atoms with Crippen molar-refractivity contribution in [2.24, 2.45) is 0 Å². The quantitative estimate of drug-likeness (QED) is 0.775. The van der Waals surface area contributed by atoms with Gasteiger partial charge >= 0.3 is 0 Å². The Hall–Kier alpha value is -3.14. The zero-order valence-electron chi connectivity index (χ0n) is 12.7. The standard InChI is InChI=1S/C19H16N2O2/c1-14-7-5-8-15(13-14)21-18(22)17-11-6-12-20-19(17)23-16-9-3-2-4-10-16/h2-13H,1H3,(H,21,22). The number of ether oxygens (including phenoxy) is 1. The fourth-order valence-corrected chi connectivity index (χ4v) is 2.17. The number of aryl methyl sites for hydroxylation is 1. The number of pyridine rings is 1. The molecule has 114 valence electrons. The van der Waals surface area contributed by atoms with E-state index in [1.165, 1.54) is 0 Å². The molecule has 0 aliphatic rings. The van der Waals surface area contributed by atoms with Crippen LogP contribution < -0.4 is 10.1 Å². The number of benzene rings is 2. The molecule has 3 aromatic rings. The van der Waals surface area contributed by atoms with Crippen LogP contribution in [0.3, 0.4) is 0 Å². The molecule has 23 heavy (non-hydrogen) atoms. The Balaban J connectivity index is 1.83. The Kier molecular flexibility index (Phi) is 4.34. The minimum absolute atomic E-state index is 0.255. The van der Waals surface area contributed by atoms with Crippen LogP contribution in [0.1, 0.15) is 15.9 Å². The van der Waals surface area contributed by atoms with Crippen molar-refractivity contribution in [2.45, 2.75) is 6.92 Å². The van der Waals surface area contributed by atoms with E-state index in [0.717, 1.165) is 11.3 Å². The third-order valence-electron chi connectivity index (χ3n) is 3.25. The van der Waals surface area contributed by atoms with Gasteiger partial charge in [0.05, 0.1) is 0 Å². The summed E-state index contributed by atoms with van der Waals surface area (Å²) in [4.78, 5) is 16.7. The van der Waals surface area contributed by atoms with Crippen molar-refractivity contribution in [3.63, 3.8) is 0 Å². The van der Waals surface area contributed by atoms with Crippen molar-refractivity contribution in [1.82, 2.24) is 4.98 Å². The van der Waals surface area contributed by atoms with Crippen molar-refractivity contribution >= 4 is 11.6 Å². The fraction of sp³-hybridized carbons (Fsp3) is 0.0526. The molecule has 0 saturated heterocycles. The second kappa shape index (κ2) is 6.75. The summed E-state index contributed by atoms with van der Waals surface area (Å²) in [7, 11) is 0. The summed E-state index contributed by atoms with van der Waals surface area (Å²) in [6, 6.07) is 20.3. The molecule has 1 N–H and O–H groups in total. The van der Waals surface area contributed by atoms with Gasteiger partial charge < -0.3 is 10.1 Å². The molecule has 1 amide bonds. The van der Waals surface area contributed by atoms with Crippen LogP contribution in [0.15, 0.2) is 72.9 Å². The van der Waals surface area contributed by atoms with Gasteiger partial charge in [-0.3, -0.25) is 4.79 Å². The van der Waals surface area contributed by atoms with Gasteiger partial charge in [0.2, 0.25) is 5.88 Å². The highest BCUT2D eigenvalue weighted by Gasteiger charge is 2.14. The number of carbonyl (C=O) groups excluding carboxylic acids is 1. The van der Waals surface area contributed by atoms with Gasteiger partial charge in [-0.05, 0) is 48.9 Å². The first-order valence-corrected chi connectivity index (χ1v) is 7.28. The van der Waals surface area contributed by atoms with Crippen molar-refractivity contribution < 1.29 is 9.53 Å². The summed E-state index contributed by atoms with van der Waals surface area (Å²) in [5.41, 5.74) is 2.21. The number of carbonyl (C=O) groups is 1. The van der Waals surface area contributed by atoms with Crippen molar-refractivity contribution in [3.05, 3.63) is 84.1 Å². The lowest BCUT2D eigenvalue weighted by Crippen LogP contribution is -2.13. The first-order valence-electron chi connectivity index (χ1n) is 7.28. The highest BCUT2D eigenvalue weighted by molar-refractivity contribution is 6.05. The number of aromatic nitrogens is 1. The lowest BCUT2D eigenvalue weighted by molar-refractivity contribution is 0.102. The Morgan fingerprint density at radius 1 is 1.00 bits per heavy atom. The van der Waals surface area contributed by atoms with Crippen molar-refractivity contribution in [3.8, 4) is 11.6 Å². The molecule has 0 bridgehead atoms. The number of nitrogens with zero attached hydrogens (tertiary/aromatic N) is 1. The Morgan fingerprint density at radius 3 is 2.61 bits per heavy atom. The number of nitrogens with one attached hydrogen (secondary N) is 1. The van der Waals surface area contributed by atoms with E-state index in [1.807, 2.05) is 61.5 Å². The summed E-state index contributed by atoms with van der Waals surface area (Å²) < 4.78 is 5.72. The maximum atomic E-state index is 12.5. The van der Waals surface area contributed by atoms with Gasteiger partial charge in [0, 0.05) is 11.9 Å². The van der Waals surface area contributed by atoms with Crippen molar-refractivity contribution in [2.75, 3.05) is 5.32 Å².